The number of fused-ring (bicyclic) bond motifs is 1. The van der Waals surface area contributed by atoms with Crippen LogP contribution >= 0.6 is 12.2 Å². The first-order chi connectivity index (χ1) is 17.9. The van der Waals surface area contributed by atoms with Crippen molar-refractivity contribution < 1.29 is 31.4 Å². The summed E-state index contributed by atoms with van der Waals surface area (Å²) < 4.78 is 69.9. The lowest BCUT2D eigenvalue weighted by Crippen LogP contribution is -2.16. The Morgan fingerprint density at radius 1 is 1.13 bits per heavy atom. The third kappa shape index (κ3) is 5.77. The van der Waals surface area contributed by atoms with Crippen LogP contribution in [0.3, 0.4) is 0 Å². The second-order valence-electron chi connectivity index (χ2n) is 8.01. The molecule has 0 amide bonds. The quantitative estimate of drug-likeness (QED) is 0.208. The number of aromatic nitrogens is 1. The number of aromatic hydroxyl groups is 1. The molecule has 0 aliphatic rings. The fraction of sp³-hybridized carbons (Fsp3) is 0.125. The average molecular weight is 564 g/mol. The first-order valence-electron chi connectivity index (χ1n) is 10.8. The third-order valence-corrected chi connectivity index (χ3v) is 6.64. The number of para-hydroxylation sites is 1. The van der Waals surface area contributed by atoms with Crippen LogP contribution < -0.4 is 15.2 Å². The fourth-order valence-corrected chi connectivity index (χ4v) is 4.62. The molecule has 14 heteroatoms. The van der Waals surface area contributed by atoms with Crippen LogP contribution in [0.5, 0.6) is 11.6 Å². The number of hydrogen-bond acceptors (Lipinski definition) is 6. The number of anilines is 1. The van der Waals surface area contributed by atoms with Crippen LogP contribution in [0.4, 0.5) is 24.5 Å². The highest BCUT2D eigenvalue weighted by molar-refractivity contribution is 7.89. The van der Waals surface area contributed by atoms with Crippen molar-refractivity contribution in [3.05, 3.63) is 77.9 Å². The Labute approximate surface area is 220 Å². The number of alkyl halides is 3. The second-order valence-corrected chi connectivity index (χ2v) is 9.93. The topological polar surface area (TPSA) is 131 Å². The second kappa shape index (κ2) is 10.4. The first-order valence-corrected chi connectivity index (χ1v) is 12.7. The molecule has 0 radical (unpaired) electrons. The van der Waals surface area contributed by atoms with Crippen molar-refractivity contribution in [1.82, 2.24) is 4.57 Å². The summed E-state index contributed by atoms with van der Waals surface area (Å²) >= 11 is 5.17. The summed E-state index contributed by atoms with van der Waals surface area (Å²) in [6.07, 6.45) is -4.52. The molecule has 198 valence electrons. The lowest BCUT2D eigenvalue weighted by molar-refractivity contribution is -0.137. The molecule has 0 bridgehead atoms. The van der Waals surface area contributed by atoms with Gasteiger partial charge in [-0.1, -0.05) is 24.3 Å². The van der Waals surface area contributed by atoms with Crippen LogP contribution in [0.25, 0.3) is 10.9 Å². The van der Waals surface area contributed by atoms with Crippen LogP contribution in [-0.2, 0) is 22.7 Å². The van der Waals surface area contributed by atoms with Crippen LogP contribution in [0.15, 0.2) is 81.9 Å². The summed E-state index contributed by atoms with van der Waals surface area (Å²) in [5.41, 5.74) is -0.00784. The predicted octanol–water partition coefficient (Wildman–Crippen LogP) is 5.55. The van der Waals surface area contributed by atoms with Crippen molar-refractivity contribution in [3.63, 3.8) is 0 Å². The van der Waals surface area contributed by atoms with Gasteiger partial charge in [-0.05, 0) is 60.2 Å². The van der Waals surface area contributed by atoms with Crippen LogP contribution in [0, 0.1) is 0 Å². The maximum absolute atomic E-state index is 13.2. The van der Waals surface area contributed by atoms with E-state index in [1.54, 1.807) is 24.3 Å². The van der Waals surface area contributed by atoms with Crippen LogP contribution in [-0.4, -0.2) is 30.3 Å². The Morgan fingerprint density at radius 2 is 1.87 bits per heavy atom. The molecular formula is C24H20F3N5O4S2. The van der Waals surface area contributed by atoms with Crippen molar-refractivity contribution in [2.45, 2.75) is 17.6 Å². The van der Waals surface area contributed by atoms with E-state index < -0.39 is 21.8 Å². The van der Waals surface area contributed by atoms with Crippen LogP contribution in [0.2, 0.25) is 0 Å². The van der Waals surface area contributed by atoms with E-state index in [2.05, 4.69) is 15.5 Å². The van der Waals surface area contributed by atoms with Crippen molar-refractivity contribution in [2.75, 3.05) is 12.4 Å². The molecule has 0 saturated heterocycles. The Bertz CT molecular complexity index is 1670. The van der Waals surface area contributed by atoms with E-state index in [-0.39, 0.29) is 33.8 Å². The van der Waals surface area contributed by atoms with E-state index in [4.69, 9.17) is 22.1 Å². The number of ether oxygens (including phenoxy) is 1. The SMILES string of the molecule is COc1ccc2c(c1)c(N=NC(=S)Nc1ccccc1S(N)(=O)=O)c(O)n2Cc1cccc(C(F)(F)F)c1. The monoisotopic (exact) mass is 563 g/mol. The van der Waals surface area contributed by atoms with Gasteiger partial charge in [-0.25, -0.2) is 13.6 Å². The number of thiocarbonyl (C=S) groups is 1. The van der Waals surface area contributed by atoms with E-state index in [0.29, 0.717) is 22.2 Å². The lowest BCUT2D eigenvalue weighted by Gasteiger charge is -2.11. The number of sulfonamides is 1. The summed E-state index contributed by atoms with van der Waals surface area (Å²) in [7, 11) is -2.60. The fourth-order valence-electron chi connectivity index (χ4n) is 3.77. The van der Waals surface area contributed by atoms with Crippen molar-refractivity contribution >= 4 is 49.6 Å². The number of nitrogens with zero attached hydrogens (tertiary/aromatic N) is 3. The van der Waals surface area contributed by atoms with Gasteiger partial charge < -0.3 is 19.7 Å². The molecule has 0 spiro atoms. The zero-order valence-electron chi connectivity index (χ0n) is 19.6. The molecule has 3 aromatic carbocycles. The maximum Gasteiger partial charge on any atom is 0.416 e. The number of methoxy groups -OCH3 is 1. The molecule has 38 heavy (non-hydrogen) atoms. The van der Waals surface area contributed by atoms with Gasteiger partial charge in [0, 0.05) is 5.39 Å². The molecular weight excluding hydrogens is 543 g/mol. The number of benzene rings is 3. The summed E-state index contributed by atoms with van der Waals surface area (Å²) in [6.45, 7) is -0.0987. The van der Waals surface area contributed by atoms with E-state index in [0.717, 1.165) is 12.1 Å². The first kappa shape index (κ1) is 27.0. The van der Waals surface area contributed by atoms with Gasteiger partial charge in [-0.3, -0.25) is 0 Å². The number of nitrogens with two attached hydrogens (primary N) is 1. The van der Waals surface area contributed by atoms with E-state index in [9.17, 15) is 26.7 Å². The normalized spacial score (nSPS) is 12.2. The van der Waals surface area contributed by atoms with Gasteiger partial charge in [0.25, 0.3) is 0 Å². The van der Waals surface area contributed by atoms with E-state index >= 15 is 0 Å². The Kier molecular flexibility index (Phi) is 7.40. The van der Waals surface area contributed by atoms with Crippen LogP contribution in [0.1, 0.15) is 11.1 Å². The lowest BCUT2D eigenvalue weighted by atomic mass is 10.1. The average Bonchev–Trinajstić information content (AvgIpc) is 3.11. The van der Waals surface area contributed by atoms with Gasteiger partial charge in [0.15, 0.2) is 5.69 Å². The van der Waals surface area contributed by atoms with Crippen molar-refractivity contribution in [1.29, 1.82) is 0 Å². The van der Waals surface area contributed by atoms with Gasteiger partial charge in [0.05, 0.1) is 30.4 Å². The molecule has 0 atom stereocenters. The Morgan fingerprint density at radius 3 is 2.55 bits per heavy atom. The highest BCUT2D eigenvalue weighted by Crippen LogP contribution is 2.41. The van der Waals surface area contributed by atoms with E-state index in [1.807, 2.05) is 0 Å². The molecule has 0 unspecified atom stereocenters. The molecule has 4 aromatic rings. The standard InChI is InChI=1S/C24H20F3N5O4S2/c1-36-16-9-10-19-17(12-16)21(22(33)32(19)13-14-5-4-6-15(11-14)24(25,26)27)30-31-23(37)29-18-7-2-3-8-20(18)38(28,34)35/h2-12,33H,13H2,1H3,(H,29,37)(H2,28,34,35). The maximum atomic E-state index is 13.2. The molecule has 0 aliphatic carbocycles. The van der Waals surface area contributed by atoms with Gasteiger partial charge in [-0.15, -0.1) is 10.2 Å². The van der Waals surface area contributed by atoms with Crippen molar-refractivity contribution in [3.8, 4) is 11.6 Å². The largest absolute Gasteiger partial charge is 0.497 e. The zero-order chi connectivity index (χ0) is 27.7. The Hall–Kier alpha value is -4.01. The molecule has 4 rings (SSSR count). The Balaban J connectivity index is 1.71. The van der Waals surface area contributed by atoms with E-state index in [1.165, 1.54) is 42.0 Å². The number of nitrogens with one attached hydrogen (secondary N) is 1. The molecule has 4 N–H and O–H groups in total. The molecule has 0 aliphatic heterocycles. The minimum atomic E-state index is -4.52. The number of halogens is 3. The molecule has 1 aromatic heterocycles. The van der Waals surface area contributed by atoms with Gasteiger partial charge >= 0.3 is 6.18 Å². The summed E-state index contributed by atoms with van der Waals surface area (Å²) in [5, 5.41) is 27.0. The minimum Gasteiger partial charge on any atom is -0.497 e. The summed E-state index contributed by atoms with van der Waals surface area (Å²) in [5.74, 6) is 0.0649. The molecule has 9 nitrogen and oxygen atoms in total. The minimum absolute atomic E-state index is 0.0187. The summed E-state index contributed by atoms with van der Waals surface area (Å²) in [4.78, 5) is -0.206. The van der Waals surface area contributed by atoms with Gasteiger partial charge in [0.1, 0.15) is 10.6 Å². The number of primary sulfonamides is 1. The third-order valence-electron chi connectivity index (χ3n) is 5.49. The summed E-state index contributed by atoms with van der Waals surface area (Å²) in [6, 6.07) is 15.4. The van der Waals surface area contributed by atoms with Crippen molar-refractivity contribution in [2.24, 2.45) is 15.4 Å². The smallest absolute Gasteiger partial charge is 0.416 e. The molecule has 0 fully saturated rings. The molecule has 1 heterocycles. The zero-order valence-corrected chi connectivity index (χ0v) is 21.2. The number of azo groups is 1. The highest BCUT2D eigenvalue weighted by Gasteiger charge is 2.30. The number of hydrogen-bond donors (Lipinski definition) is 3. The number of rotatable bonds is 6. The molecule has 0 saturated carbocycles. The van der Waals surface area contributed by atoms with Gasteiger partial charge in [-0.2, -0.15) is 13.2 Å². The predicted molar refractivity (Wildman–Crippen MR) is 139 cm³/mol. The van der Waals surface area contributed by atoms with Gasteiger partial charge in [0.2, 0.25) is 21.0 Å². The highest BCUT2D eigenvalue weighted by atomic mass is 32.2.